The number of halogens is 1. The first-order valence-corrected chi connectivity index (χ1v) is 7.08. The van der Waals surface area contributed by atoms with Crippen LogP contribution in [0, 0.1) is 0 Å². The van der Waals surface area contributed by atoms with Gasteiger partial charge >= 0.3 is 11.9 Å². The number of hydrogen-bond acceptors (Lipinski definition) is 5. The van der Waals surface area contributed by atoms with Gasteiger partial charge in [-0.2, -0.15) is 0 Å². The van der Waals surface area contributed by atoms with Crippen LogP contribution in [0.15, 0.2) is 61.9 Å². The summed E-state index contributed by atoms with van der Waals surface area (Å²) in [6.45, 7) is 13.7. The van der Waals surface area contributed by atoms with Crippen molar-refractivity contribution in [2.45, 2.75) is 6.92 Å². The first-order valence-electron chi connectivity index (χ1n) is 7.08. The molecule has 0 aliphatic rings. The maximum absolute atomic E-state index is 12.2. The van der Waals surface area contributed by atoms with E-state index in [0.717, 1.165) is 0 Å². The zero-order chi connectivity index (χ0) is 17.2. The van der Waals surface area contributed by atoms with Crippen molar-refractivity contribution in [1.29, 1.82) is 0 Å². The molecule has 0 spiro atoms. The third-order valence-corrected chi connectivity index (χ3v) is 2.88. The molecule has 1 aromatic carbocycles. The number of carbonyl (C=O) groups is 2. The number of rotatable bonds is 9. The lowest BCUT2D eigenvalue weighted by Gasteiger charge is -2.23. The van der Waals surface area contributed by atoms with Gasteiger partial charge < -0.3 is 14.4 Å². The van der Waals surface area contributed by atoms with Gasteiger partial charge in [0.15, 0.2) is 0 Å². The summed E-state index contributed by atoms with van der Waals surface area (Å²) in [4.78, 5) is 25.1. The van der Waals surface area contributed by atoms with Gasteiger partial charge in [-0.15, -0.1) is 25.6 Å². The third-order valence-electron chi connectivity index (χ3n) is 2.88. The summed E-state index contributed by atoms with van der Waals surface area (Å²) < 4.78 is 10.2. The van der Waals surface area contributed by atoms with Crippen molar-refractivity contribution < 1.29 is 19.1 Å². The van der Waals surface area contributed by atoms with Gasteiger partial charge in [0.05, 0.1) is 0 Å². The van der Waals surface area contributed by atoms with Crippen molar-refractivity contribution in [3.8, 4) is 5.75 Å². The molecule has 0 saturated heterocycles. The van der Waals surface area contributed by atoms with Gasteiger partial charge in [-0.25, -0.2) is 4.79 Å². The maximum atomic E-state index is 12.2. The SMILES string of the molecule is C=CCN(CC=C)C(=C)COC(=O)c1ccccc1OC(C)=O.Cl. The molecular weight excluding hydrogens is 330 g/mol. The zero-order valence-electron chi connectivity index (χ0n) is 13.7. The van der Waals surface area contributed by atoms with Crippen molar-refractivity contribution in [3.05, 3.63) is 67.4 Å². The van der Waals surface area contributed by atoms with Crippen LogP contribution < -0.4 is 4.74 Å². The molecule has 0 unspecified atom stereocenters. The number of ether oxygens (including phenoxy) is 2. The summed E-state index contributed by atoms with van der Waals surface area (Å²) in [5.74, 6) is -0.914. The minimum absolute atomic E-state index is 0. The van der Waals surface area contributed by atoms with Crippen LogP contribution in [0.2, 0.25) is 0 Å². The Morgan fingerprint density at radius 2 is 1.75 bits per heavy atom. The van der Waals surface area contributed by atoms with Crippen molar-refractivity contribution in [1.82, 2.24) is 4.90 Å². The summed E-state index contributed by atoms with van der Waals surface area (Å²) in [6, 6.07) is 6.41. The molecule has 0 amide bonds. The van der Waals surface area contributed by atoms with E-state index in [-0.39, 0.29) is 30.3 Å². The molecule has 0 bridgehead atoms. The summed E-state index contributed by atoms with van der Waals surface area (Å²) in [5.41, 5.74) is 0.817. The van der Waals surface area contributed by atoms with Gasteiger partial charge in [-0.1, -0.05) is 30.9 Å². The Balaban J connectivity index is 0.00000529. The lowest BCUT2D eigenvalue weighted by Crippen LogP contribution is -2.26. The van der Waals surface area contributed by atoms with Crippen LogP contribution >= 0.6 is 12.4 Å². The van der Waals surface area contributed by atoms with E-state index < -0.39 is 11.9 Å². The zero-order valence-corrected chi connectivity index (χ0v) is 14.5. The Morgan fingerprint density at radius 1 is 1.17 bits per heavy atom. The Hall–Kier alpha value is -2.53. The van der Waals surface area contributed by atoms with Crippen LogP contribution in [0.4, 0.5) is 0 Å². The molecule has 1 rings (SSSR count). The Labute approximate surface area is 148 Å². The van der Waals surface area contributed by atoms with E-state index in [4.69, 9.17) is 9.47 Å². The molecule has 24 heavy (non-hydrogen) atoms. The fourth-order valence-electron chi connectivity index (χ4n) is 1.84. The smallest absolute Gasteiger partial charge is 0.342 e. The molecule has 0 atom stereocenters. The van der Waals surface area contributed by atoms with Crippen LogP contribution in [-0.2, 0) is 9.53 Å². The predicted molar refractivity (Wildman–Crippen MR) is 96.4 cm³/mol. The van der Waals surface area contributed by atoms with Gasteiger partial charge in [-0.05, 0) is 12.1 Å². The number of para-hydroxylation sites is 1. The maximum Gasteiger partial charge on any atom is 0.342 e. The van der Waals surface area contributed by atoms with E-state index >= 15 is 0 Å². The standard InChI is InChI=1S/C18H21NO4.ClH/c1-5-11-19(12-6-2)14(3)13-22-18(21)16-9-7-8-10-17(16)23-15(4)20;/h5-10H,1-3,11-13H2,4H3;1H. The highest BCUT2D eigenvalue weighted by Gasteiger charge is 2.16. The molecule has 1 aromatic rings. The number of nitrogens with zero attached hydrogens (tertiary/aromatic N) is 1. The molecular formula is C18H22ClNO4. The number of benzene rings is 1. The Morgan fingerprint density at radius 3 is 2.29 bits per heavy atom. The van der Waals surface area contributed by atoms with Crippen molar-refractivity contribution >= 4 is 24.3 Å². The molecule has 0 aliphatic carbocycles. The second-order valence-corrected chi connectivity index (χ2v) is 4.71. The molecule has 0 aliphatic heterocycles. The minimum Gasteiger partial charge on any atom is -0.456 e. The molecule has 0 fully saturated rings. The van der Waals surface area contributed by atoms with Gasteiger partial charge in [0.25, 0.3) is 0 Å². The monoisotopic (exact) mass is 351 g/mol. The highest BCUT2D eigenvalue weighted by molar-refractivity contribution is 5.93. The van der Waals surface area contributed by atoms with E-state index in [1.807, 2.05) is 4.90 Å². The fourth-order valence-corrected chi connectivity index (χ4v) is 1.84. The van der Waals surface area contributed by atoms with Crippen molar-refractivity contribution in [2.75, 3.05) is 19.7 Å². The largest absolute Gasteiger partial charge is 0.456 e. The van der Waals surface area contributed by atoms with Gasteiger partial charge in [-0.3, -0.25) is 4.79 Å². The van der Waals surface area contributed by atoms with Crippen LogP contribution in [-0.4, -0.2) is 36.5 Å². The second-order valence-electron chi connectivity index (χ2n) is 4.71. The minimum atomic E-state index is -0.583. The molecule has 0 aromatic heterocycles. The summed E-state index contributed by atoms with van der Waals surface area (Å²) in [5, 5.41) is 0. The van der Waals surface area contributed by atoms with Crippen molar-refractivity contribution in [3.63, 3.8) is 0 Å². The molecule has 0 radical (unpaired) electrons. The molecule has 130 valence electrons. The fraction of sp³-hybridized carbons (Fsp3) is 0.222. The summed E-state index contributed by atoms with van der Waals surface area (Å²) in [6.07, 6.45) is 3.46. The highest BCUT2D eigenvalue weighted by Crippen LogP contribution is 2.19. The van der Waals surface area contributed by atoms with Crippen LogP contribution in [0.1, 0.15) is 17.3 Å². The van der Waals surface area contributed by atoms with E-state index in [1.54, 1.807) is 24.3 Å². The number of hydrogen-bond donors (Lipinski definition) is 0. The second kappa shape index (κ2) is 11.1. The predicted octanol–water partition coefficient (Wildman–Crippen LogP) is 3.38. The molecule has 5 nitrogen and oxygen atoms in total. The Bertz CT molecular complexity index is 603. The lowest BCUT2D eigenvalue weighted by molar-refractivity contribution is -0.131. The topological polar surface area (TPSA) is 55.8 Å². The first kappa shape index (κ1) is 21.5. The molecule has 0 N–H and O–H groups in total. The lowest BCUT2D eigenvalue weighted by atomic mass is 10.2. The normalized spacial score (nSPS) is 9.21. The van der Waals surface area contributed by atoms with E-state index in [2.05, 4.69) is 19.7 Å². The van der Waals surface area contributed by atoms with E-state index in [0.29, 0.717) is 18.8 Å². The quantitative estimate of drug-likeness (QED) is 0.388. The molecule has 6 heteroatoms. The third kappa shape index (κ3) is 6.71. The Kier molecular flexibility index (Phi) is 9.91. The first-order chi connectivity index (χ1) is 11.0. The average molecular weight is 352 g/mol. The summed E-state index contributed by atoms with van der Waals surface area (Å²) >= 11 is 0. The molecule has 0 heterocycles. The van der Waals surface area contributed by atoms with Gasteiger partial charge in [0.1, 0.15) is 17.9 Å². The van der Waals surface area contributed by atoms with Crippen LogP contribution in [0.5, 0.6) is 5.75 Å². The molecule has 0 saturated carbocycles. The number of carbonyl (C=O) groups excluding carboxylic acids is 2. The van der Waals surface area contributed by atoms with E-state index in [1.165, 1.54) is 19.1 Å². The van der Waals surface area contributed by atoms with E-state index in [9.17, 15) is 9.59 Å². The van der Waals surface area contributed by atoms with Gasteiger partial charge in [0, 0.05) is 25.7 Å². The summed E-state index contributed by atoms with van der Waals surface area (Å²) in [7, 11) is 0. The van der Waals surface area contributed by atoms with Crippen LogP contribution in [0.3, 0.4) is 0 Å². The van der Waals surface area contributed by atoms with Gasteiger partial charge in [0.2, 0.25) is 0 Å². The van der Waals surface area contributed by atoms with Crippen LogP contribution in [0.25, 0.3) is 0 Å². The number of esters is 2. The highest BCUT2D eigenvalue weighted by atomic mass is 35.5. The van der Waals surface area contributed by atoms with Crippen molar-refractivity contribution in [2.24, 2.45) is 0 Å². The average Bonchev–Trinajstić information content (AvgIpc) is 2.52.